The molecular formula is C14H15ClN4O2. The molecule has 6 nitrogen and oxygen atoms in total. The summed E-state index contributed by atoms with van der Waals surface area (Å²) in [4.78, 5) is 30.0. The molecule has 1 heterocycles. The second kappa shape index (κ2) is 6.90. The Kier molecular flexibility index (Phi) is 4.94. The lowest BCUT2D eigenvalue weighted by Crippen LogP contribution is -2.26. The number of halogens is 1. The van der Waals surface area contributed by atoms with Gasteiger partial charge in [0.15, 0.2) is 0 Å². The van der Waals surface area contributed by atoms with E-state index in [0.29, 0.717) is 29.2 Å². The molecule has 0 aliphatic heterocycles. The van der Waals surface area contributed by atoms with Crippen molar-refractivity contribution in [3.05, 3.63) is 47.0 Å². The molecule has 21 heavy (non-hydrogen) atoms. The summed E-state index contributed by atoms with van der Waals surface area (Å²) >= 11 is 6.02. The molecule has 0 saturated heterocycles. The zero-order valence-electron chi connectivity index (χ0n) is 11.4. The van der Waals surface area contributed by atoms with Crippen LogP contribution in [-0.4, -0.2) is 28.3 Å². The first-order valence-corrected chi connectivity index (χ1v) is 6.76. The molecule has 7 heteroatoms. The molecule has 0 fully saturated rings. The number of aromatic amines is 1. The Hall–Kier alpha value is -2.34. The fourth-order valence-corrected chi connectivity index (χ4v) is 2.01. The molecule has 2 amide bonds. The second-order valence-corrected chi connectivity index (χ2v) is 4.87. The number of nitrogens with zero attached hydrogens (tertiary/aromatic N) is 1. The Bertz CT molecular complexity index is 640. The van der Waals surface area contributed by atoms with E-state index >= 15 is 0 Å². The number of amides is 2. The number of benzene rings is 1. The lowest BCUT2D eigenvalue weighted by Gasteiger charge is -2.09. The smallest absolute Gasteiger partial charge is 0.252 e. The lowest BCUT2D eigenvalue weighted by molar-refractivity contribution is -0.114. The minimum atomic E-state index is -0.285. The lowest BCUT2D eigenvalue weighted by atomic mass is 10.1. The third-order valence-electron chi connectivity index (χ3n) is 2.77. The fraction of sp³-hybridized carbons (Fsp3) is 0.214. The SMILES string of the molecule is CC(=O)Nc1ccc(Cl)c(C(=O)NCCc2cnc[nH]2)c1. The molecule has 2 aromatic rings. The van der Waals surface area contributed by atoms with Crippen LogP contribution in [0, 0.1) is 0 Å². The number of anilines is 1. The van der Waals surface area contributed by atoms with E-state index < -0.39 is 0 Å². The topological polar surface area (TPSA) is 86.9 Å². The van der Waals surface area contributed by atoms with Gasteiger partial charge in [-0.2, -0.15) is 0 Å². The summed E-state index contributed by atoms with van der Waals surface area (Å²) in [5, 5.41) is 5.73. The molecule has 1 aromatic heterocycles. The zero-order valence-corrected chi connectivity index (χ0v) is 12.2. The zero-order chi connectivity index (χ0) is 15.2. The molecule has 0 aliphatic rings. The highest BCUT2D eigenvalue weighted by Gasteiger charge is 2.11. The minimum absolute atomic E-state index is 0.206. The van der Waals surface area contributed by atoms with Gasteiger partial charge in [0.05, 0.1) is 16.9 Å². The molecular weight excluding hydrogens is 292 g/mol. The van der Waals surface area contributed by atoms with Gasteiger partial charge < -0.3 is 15.6 Å². The standard InChI is InChI=1S/C14H15ClN4O2/c1-9(20)19-10-2-3-13(15)12(6-10)14(21)17-5-4-11-7-16-8-18-11/h2-3,6-8H,4-5H2,1H3,(H,16,18)(H,17,21)(H,19,20). The number of carbonyl (C=O) groups is 2. The Balaban J connectivity index is 1.98. The van der Waals surface area contributed by atoms with Crippen LogP contribution in [-0.2, 0) is 11.2 Å². The fourth-order valence-electron chi connectivity index (χ4n) is 1.81. The van der Waals surface area contributed by atoms with Crippen molar-refractivity contribution in [1.82, 2.24) is 15.3 Å². The maximum atomic E-state index is 12.1. The first kappa shape index (κ1) is 15.1. The van der Waals surface area contributed by atoms with Gasteiger partial charge >= 0.3 is 0 Å². The summed E-state index contributed by atoms with van der Waals surface area (Å²) in [5.74, 6) is -0.491. The van der Waals surface area contributed by atoms with E-state index in [2.05, 4.69) is 20.6 Å². The van der Waals surface area contributed by atoms with Gasteiger partial charge in [-0.15, -0.1) is 0 Å². The van der Waals surface area contributed by atoms with Gasteiger partial charge in [0.1, 0.15) is 0 Å². The van der Waals surface area contributed by atoms with Crippen molar-refractivity contribution in [2.24, 2.45) is 0 Å². The molecule has 0 unspecified atom stereocenters. The number of imidazole rings is 1. The van der Waals surface area contributed by atoms with E-state index in [1.54, 1.807) is 30.7 Å². The van der Waals surface area contributed by atoms with Crippen LogP contribution < -0.4 is 10.6 Å². The average Bonchev–Trinajstić information content (AvgIpc) is 2.93. The van der Waals surface area contributed by atoms with Gasteiger partial charge in [-0.1, -0.05) is 11.6 Å². The Morgan fingerprint density at radius 3 is 2.86 bits per heavy atom. The number of H-pyrrole nitrogens is 1. The minimum Gasteiger partial charge on any atom is -0.352 e. The first-order valence-electron chi connectivity index (χ1n) is 6.39. The van der Waals surface area contributed by atoms with E-state index in [4.69, 9.17) is 11.6 Å². The third-order valence-corrected chi connectivity index (χ3v) is 3.10. The number of hydrogen-bond acceptors (Lipinski definition) is 3. The molecule has 0 saturated carbocycles. The van der Waals surface area contributed by atoms with Gasteiger partial charge in [0.25, 0.3) is 5.91 Å². The largest absolute Gasteiger partial charge is 0.352 e. The van der Waals surface area contributed by atoms with E-state index in [9.17, 15) is 9.59 Å². The summed E-state index contributed by atoms with van der Waals surface area (Å²) in [6, 6.07) is 4.77. The Morgan fingerprint density at radius 1 is 1.38 bits per heavy atom. The molecule has 110 valence electrons. The highest BCUT2D eigenvalue weighted by atomic mass is 35.5. The third kappa shape index (κ3) is 4.32. The highest BCUT2D eigenvalue weighted by Crippen LogP contribution is 2.20. The predicted octanol–water partition coefficient (Wildman–Crippen LogP) is 1.99. The number of carbonyl (C=O) groups excluding carboxylic acids is 2. The normalized spacial score (nSPS) is 10.2. The molecule has 0 bridgehead atoms. The van der Waals surface area contributed by atoms with Crippen molar-refractivity contribution in [1.29, 1.82) is 0 Å². The Morgan fingerprint density at radius 2 is 2.19 bits per heavy atom. The molecule has 0 aliphatic carbocycles. The van der Waals surface area contributed by atoms with Crippen molar-refractivity contribution in [2.45, 2.75) is 13.3 Å². The summed E-state index contributed by atoms with van der Waals surface area (Å²) in [5.41, 5.74) is 1.80. The van der Waals surface area contributed by atoms with Crippen LogP contribution in [0.4, 0.5) is 5.69 Å². The maximum Gasteiger partial charge on any atom is 0.252 e. The van der Waals surface area contributed by atoms with Crippen molar-refractivity contribution < 1.29 is 9.59 Å². The number of nitrogens with one attached hydrogen (secondary N) is 3. The number of hydrogen-bond donors (Lipinski definition) is 3. The van der Waals surface area contributed by atoms with Crippen LogP contribution >= 0.6 is 11.6 Å². The summed E-state index contributed by atoms with van der Waals surface area (Å²) in [7, 11) is 0. The highest BCUT2D eigenvalue weighted by molar-refractivity contribution is 6.34. The summed E-state index contributed by atoms with van der Waals surface area (Å²) in [6.45, 7) is 1.86. The molecule has 0 spiro atoms. The van der Waals surface area contributed by atoms with E-state index in [0.717, 1.165) is 5.69 Å². The quantitative estimate of drug-likeness (QED) is 0.789. The van der Waals surface area contributed by atoms with Crippen molar-refractivity contribution in [3.63, 3.8) is 0 Å². The molecule has 0 radical (unpaired) electrons. The van der Waals surface area contributed by atoms with Crippen LogP contribution in [0.1, 0.15) is 23.0 Å². The van der Waals surface area contributed by atoms with Gasteiger partial charge in [-0.3, -0.25) is 9.59 Å². The molecule has 2 rings (SSSR count). The monoisotopic (exact) mass is 306 g/mol. The number of rotatable bonds is 5. The Labute approximate surface area is 126 Å². The van der Waals surface area contributed by atoms with Crippen molar-refractivity contribution in [3.8, 4) is 0 Å². The maximum absolute atomic E-state index is 12.1. The molecule has 1 aromatic carbocycles. The van der Waals surface area contributed by atoms with Gasteiger partial charge in [0.2, 0.25) is 5.91 Å². The van der Waals surface area contributed by atoms with Crippen molar-refractivity contribution >= 4 is 29.1 Å². The average molecular weight is 307 g/mol. The van der Waals surface area contributed by atoms with E-state index in [1.165, 1.54) is 6.92 Å². The summed E-state index contributed by atoms with van der Waals surface area (Å²) in [6.07, 6.45) is 3.94. The summed E-state index contributed by atoms with van der Waals surface area (Å²) < 4.78 is 0. The van der Waals surface area contributed by atoms with Gasteiger partial charge in [0, 0.05) is 37.5 Å². The van der Waals surface area contributed by atoms with Crippen LogP contribution in [0.5, 0.6) is 0 Å². The van der Waals surface area contributed by atoms with Crippen molar-refractivity contribution in [2.75, 3.05) is 11.9 Å². The number of aromatic nitrogens is 2. The predicted molar refractivity (Wildman–Crippen MR) is 80.4 cm³/mol. The van der Waals surface area contributed by atoms with E-state index in [-0.39, 0.29) is 11.8 Å². The van der Waals surface area contributed by atoms with E-state index in [1.807, 2.05) is 0 Å². The van der Waals surface area contributed by atoms with Gasteiger partial charge in [-0.05, 0) is 18.2 Å². The van der Waals surface area contributed by atoms with Gasteiger partial charge in [-0.25, -0.2) is 4.98 Å². The first-order chi connectivity index (χ1) is 10.1. The van der Waals surface area contributed by atoms with Crippen LogP contribution in [0.3, 0.4) is 0 Å². The van der Waals surface area contributed by atoms with Crippen LogP contribution in [0.2, 0.25) is 5.02 Å². The van der Waals surface area contributed by atoms with Crippen LogP contribution in [0.15, 0.2) is 30.7 Å². The molecule has 0 atom stereocenters. The molecule has 3 N–H and O–H groups in total. The second-order valence-electron chi connectivity index (χ2n) is 4.46. The van der Waals surface area contributed by atoms with Crippen LogP contribution in [0.25, 0.3) is 0 Å².